The van der Waals surface area contributed by atoms with Gasteiger partial charge in [0.05, 0.1) is 11.1 Å². The van der Waals surface area contributed by atoms with Crippen molar-refractivity contribution < 1.29 is 27.2 Å². The number of nitrogens with zero attached hydrogens (tertiary/aromatic N) is 1. The van der Waals surface area contributed by atoms with Crippen molar-refractivity contribution in [2.45, 2.75) is 12.6 Å². The first-order chi connectivity index (χ1) is 9.20. The molecule has 1 heterocycles. The van der Waals surface area contributed by atoms with Crippen LogP contribution in [0.1, 0.15) is 22.3 Å². The Morgan fingerprint density at radius 2 is 2.00 bits per heavy atom. The molecule has 1 unspecified atom stereocenters. The fourth-order valence-electron chi connectivity index (χ4n) is 2.15. The van der Waals surface area contributed by atoms with E-state index in [4.69, 9.17) is 0 Å². The number of Topliss-reactive ketones (excluding diaryl/α,β-unsaturated/α-hetero) is 1. The van der Waals surface area contributed by atoms with Crippen LogP contribution < -0.4 is 0 Å². The van der Waals surface area contributed by atoms with Gasteiger partial charge in [-0.15, -0.1) is 0 Å². The van der Waals surface area contributed by atoms with Crippen molar-refractivity contribution in [3.63, 3.8) is 0 Å². The van der Waals surface area contributed by atoms with Gasteiger partial charge < -0.3 is 4.90 Å². The Balaban J connectivity index is 2.26. The van der Waals surface area contributed by atoms with Gasteiger partial charge in [0.25, 0.3) is 0 Å². The summed E-state index contributed by atoms with van der Waals surface area (Å²) < 4.78 is 50.9. The number of carbonyl (C=O) groups is 2. The van der Waals surface area contributed by atoms with E-state index in [0.29, 0.717) is 12.1 Å². The van der Waals surface area contributed by atoms with Crippen LogP contribution in [0, 0.1) is 11.7 Å². The van der Waals surface area contributed by atoms with Crippen molar-refractivity contribution >= 4 is 11.7 Å². The van der Waals surface area contributed by atoms with E-state index in [1.165, 1.54) is 11.9 Å². The molecule has 1 aliphatic rings. The standard InChI is InChI=1S/C13H11F4NO2/c1-18-6-7(4-11(18)19)12(20)9-3-2-8(5-10(9)14)13(15,16)17/h2-3,5,7H,4,6H2,1H3. The zero-order valence-electron chi connectivity index (χ0n) is 10.5. The van der Waals surface area contributed by atoms with Gasteiger partial charge in [-0.2, -0.15) is 13.2 Å². The molecule has 0 aromatic heterocycles. The molecule has 1 atom stereocenters. The summed E-state index contributed by atoms with van der Waals surface area (Å²) in [7, 11) is 1.51. The van der Waals surface area contributed by atoms with E-state index in [9.17, 15) is 27.2 Å². The lowest BCUT2D eigenvalue weighted by Gasteiger charge is -2.12. The van der Waals surface area contributed by atoms with Crippen LogP contribution in [0.25, 0.3) is 0 Å². The summed E-state index contributed by atoms with van der Waals surface area (Å²) in [5.41, 5.74) is -1.56. The van der Waals surface area contributed by atoms with Crippen molar-refractivity contribution in [3.8, 4) is 0 Å². The molecule has 1 aromatic rings. The van der Waals surface area contributed by atoms with Crippen LogP contribution in [0.5, 0.6) is 0 Å². The number of likely N-dealkylation sites (tertiary alicyclic amines) is 1. The topological polar surface area (TPSA) is 37.4 Å². The number of amides is 1. The zero-order valence-corrected chi connectivity index (χ0v) is 10.5. The molecule has 1 aromatic carbocycles. The molecule has 3 nitrogen and oxygen atoms in total. The van der Waals surface area contributed by atoms with Gasteiger partial charge in [0, 0.05) is 25.9 Å². The van der Waals surface area contributed by atoms with Crippen LogP contribution >= 0.6 is 0 Å². The van der Waals surface area contributed by atoms with Crippen molar-refractivity contribution in [2.24, 2.45) is 5.92 Å². The molecule has 1 amide bonds. The minimum absolute atomic E-state index is 0.0458. The second kappa shape index (κ2) is 4.88. The van der Waals surface area contributed by atoms with Gasteiger partial charge in [0.15, 0.2) is 5.78 Å². The summed E-state index contributed by atoms with van der Waals surface area (Å²) in [5, 5.41) is 0. The zero-order chi connectivity index (χ0) is 15.1. The monoisotopic (exact) mass is 289 g/mol. The number of alkyl halides is 3. The third kappa shape index (κ3) is 2.66. The van der Waals surface area contributed by atoms with Gasteiger partial charge in [-0.05, 0) is 18.2 Å². The summed E-state index contributed by atoms with van der Waals surface area (Å²) in [6, 6.07) is 1.79. The van der Waals surface area contributed by atoms with Crippen LogP contribution in [-0.4, -0.2) is 30.2 Å². The molecule has 0 spiro atoms. The van der Waals surface area contributed by atoms with E-state index in [2.05, 4.69) is 0 Å². The Hall–Kier alpha value is -1.92. The first kappa shape index (κ1) is 14.5. The molecular weight excluding hydrogens is 278 g/mol. The lowest BCUT2D eigenvalue weighted by molar-refractivity contribution is -0.137. The molecule has 0 N–H and O–H groups in total. The average molecular weight is 289 g/mol. The maximum Gasteiger partial charge on any atom is 0.416 e. The molecule has 0 saturated carbocycles. The van der Waals surface area contributed by atoms with Crippen LogP contribution in [0.2, 0.25) is 0 Å². The number of hydrogen-bond acceptors (Lipinski definition) is 2. The summed E-state index contributed by atoms with van der Waals surface area (Å²) in [4.78, 5) is 24.7. The Kier molecular flexibility index (Phi) is 3.54. The summed E-state index contributed by atoms with van der Waals surface area (Å²) >= 11 is 0. The smallest absolute Gasteiger partial charge is 0.345 e. The summed E-state index contributed by atoms with van der Waals surface area (Å²) in [6.07, 6.45) is -4.71. The summed E-state index contributed by atoms with van der Waals surface area (Å²) in [6.45, 7) is 0.151. The van der Waals surface area contributed by atoms with Gasteiger partial charge in [-0.1, -0.05) is 0 Å². The highest BCUT2D eigenvalue weighted by atomic mass is 19.4. The third-order valence-corrected chi connectivity index (χ3v) is 3.27. The molecule has 0 bridgehead atoms. The first-order valence-electron chi connectivity index (χ1n) is 5.85. The van der Waals surface area contributed by atoms with Crippen molar-refractivity contribution in [2.75, 3.05) is 13.6 Å². The van der Waals surface area contributed by atoms with Crippen molar-refractivity contribution in [1.29, 1.82) is 0 Å². The fraction of sp³-hybridized carbons (Fsp3) is 0.385. The predicted molar refractivity (Wildman–Crippen MR) is 61.5 cm³/mol. The lowest BCUT2D eigenvalue weighted by Crippen LogP contribution is -2.22. The highest BCUT2D eigenvalue weighted by Gasteiger charge is 2.35. The lowest BCUT2D eigenvalue weighted by atomic mass is 9.95. The van der Waals surface area contributed by atoms with E-state index in [1.807, 2.05) is 0 Å². The fourth-order valence-corrected chi connectivity index (χ4v) is 2.15. The van der Waals surface area contributed by atoms with Crippen LogP contribution in [0.15, 0.2) is 18.2 Å². The SMILES string of the molecule is CN1CC(C(=O)c2ccc(C(F)(F)F)cc2F)CC1=O. The second-order valence-electron chi connectivity index (χ2n) is 4.73. The molecule has 0 aliphatic carbocycles. The number of carbonyl (C=O) groups excluding carboxylic acids is 2. The third-order valence-electron chi connectivity index (χ3n) is 3.27. The molecule has 108 valence electrons. The molecular formula is C13H11F4NO2. The molecule has 2 rings (SSSR count). The average Bonchev–Trinajstić information content (AvgIpc) is 2.67. The number of benzene rings is 1. The molecule has 20 heavy (non-hydrogen) atoms. The van der Waals surface area contributed by atoms with Gasteiger partial charge in [-0.25, -0.2) is 4.39 Å². The molecule has 1 aliphatic heterocycles. The van der Waals surface area contributed by atoms with E-state index >= 15 is 0 Å². The van der Waals surface area contributed by atoms with E-state index in [-0.39, 0.29) is 18.9 Å². The molecule has 7 heteroatoms. The van der Waals surface area contributed by atoms with Crippen LogP contribution in [0.3, 0.4) is 0 Å². The predicted octanol–water partition coefficient (Wildman–Crippen LogP) is 2.51. The first-order valence-corrected chi connectivity index (χ1v) is 5.85. The van der Waals surface area contributed by atoms with Crippen LogP contribution in [-0.2, 0) is 11.0 Å². The normalized spacial score (nSPS) is 19.6. The van der Waals surface area contributed by atoms with Crippen LogP contribution in [0.4, 0.5) is 17.6 Å². The van der Waals surface area contributed by atoms with Gasteiger partial charge in [-0.3, -0.25) is 9.59 Å². The Labute approximate surface area is 112 Å². The summed E-state index contributed by atoms with van der Waals surface area (Å²) in [5.74, 6) is -2.81. The van der Waals surface area contributed by atoms with E-state index < -0.39 is 34.8 Å². The highest BCUT2D eigenvalue weighted by Crippen LogP contribution is 2.31. The quantitative estimate of drug-likeness (QED) is 0.619. The Morgan fingerprint density at radius 3 is 2.45 bits per heavy atom. The molecule has 0 radical (unpaired) electrons. The number of hydrogen-bond donors (Lipinski definition) is 0. The number of halogens is 4. The van der Waals surface area contributed by atoms with E-state index in [0.717, 1.165) is 6.07 Å². The Morgan fingerprint density at radius 1 is 1.35 bits per heavy atom. The van der Waals surface area contributed by atoms with Crippen molar-refractivity contribution in [3.05, 3.63) is 35.1 Å². The number of rotatable bonds is 2. The largest absolute Gasteiger partial charge is 0.416 e. The molecule has 1 fully saturated rings. The maximum absolute atomic E-state index is 13.7. The maximum atomic E-state index is 13.7. The Bertz CT molecular complexity index is 568. The number of ketones is 1. The van der Waals surface area contributed by atoms with E-state index in [1.54, 1.807) is 0 Å². The van der Waals surface area contributed by atoms with Crippen molar-refractivity contribution in [1.82, 2.24) is 4.90 Å². The van der Waals surface area contributed by atoms with Gasteiger partial charge >= 0.3 is 6.18 Å². The highest BCUT2D eigenvalue weighted by molar-refractivity contribution is 6.01. The van der Waals surface area contributed by atoms with Gasteiger partial charge in [0.2, 0.25) is 5.91 Å². The minimum Gasteiger partial charge on any atom is -0.345 e. The van der Waals surface area contributed by atoms with Gasteiger partial charge in [0.1, 0.15) is 5.82 Å². The minimum atomic E-state index is -4.66. The second-order valence-corrected chi connectivity index (χ2v) is 4.73. The molecule has 1 saturated heterocycles.